The molecule has 1 rings (SSSR count). The minimum Gasteiger partial charge on any atom is -0.467 e. The summed E-state index contributed by atoms with van der Waals surface area (Å²) in [6.45, 7) is 1.86. The summed E-state index contributed by atoms with van der Waals surface area (Å²) in [6.07, 6.45) is -0.858. The number of nitrogens with zero attached hydrogens (tertiary/aromatic N) is 2. The van der Waals surface area contributed by atoms with Gasteiger partial charge in [-0.05, 0) is 6.92 Å². The average Bonchev–Trinajstić information content (AvgIpc) is 2.59. The summed E-state index contributed by atoms with van der Waals surface area (Å²) in [5.41, 5.74) is 0.844. The lowest BCUT2D eigenvalue weighted by molar-refractivity contribution is -0.150. The van der Waals surface area contributed by atoms with E-state index in [4.69, 9.17) is 0 Å². The van der Waals surface area contributed by atoms with E-state index < -0.39 is 12.1 Å². The van der Waals surface area contributed by atoms with Gasteiger partial charge in [0.05, 0.1) is 12.8 Å². The lowest BCUT2D eigenvalue weighted by Gasteiger charge is -2.07. The van der Waals surface area contributed by atoms with Gasteiger partial charge in [-0.2, -0.15) is 0 Å². The van der Waals surface area contributed by atoms with Crippen LogP contribution in [0, 0.1) is 6.92 Å². The molecule has 0 radical (unpaired) electrons. The predicted molar refractivity (Wildman–Crippen MR) is 62.9 cm³/mol. The summed E-state index contributed by atoms with van der Waals surface area (Å²) < 4.78 is 4.46. The number of methoxy groups -OCH3 is 1. The Labute approximate surface area is 98.7 Å². The molecule has 1 N–H and O–H groups in total. The quantitative estimate of drug-likeness (QED) is 0.786. The van der Waals surface area contributed by atoms with Crippen LogP contribution in [0.2, 0.25) is 0 Å². The highest BCUT2D eigenvalue weighted by atomic mass is 32.1. The molecule has 0 amide bonds. The molecule has 0 fully saturated rings. The van der Waals surface area contributed by atoms with Crippen LogP contribution in [0.15, 0.2) is 0 Å². The van der Waals surface area contributed by atoms with Gasteiger partial charge in [0.15, 0.2) is 11.2 Å². The van der Waals surface area contributed by atoms with E-state index >= 15 is 0 Å². The Hall–Kier alpha value is -1.14. The largest absolute Gasteiger partial charge is 0.467 e. The monoisotopic (exact) mass is 244 g/mol. The first-order valence-electron chi connectivity index (χ1n) is 4.85. The van der Waals surface area contributed by atoms with Crippen molar-refractivity contribution < 1.29 is 14.6 Å². The number of aryl methyl sites for hydroxylation is 1. The topological polar surface area (TPSA) is 62.7 Å². The second kappa shape index (κ2) is 5.27. The highest BCUT2D eigenvalue weighted by molar-refractivity contribution is 7.15. The van der Waals surface area contributed by atoms with E-state index in [9.17, 15) is 9.90 Å². The number of aliphatic hydroxyl groups excluding tert-OH is 1. The van der Waals surface area contributed by atoms with Crippen LogP contribution in [0.4, 0.5) is 5.13 Å². The molecule has 0 aliphatic carbocycles. The number of anilines is 1. The van der Waals surface area contributed by atoms with Crippen LogP contribution in [0.5, 0.6) is 0 Å². The fourth-order valence-electron chi connectivity index (χ4n) is 1.19. The van der Waals surface area contributed by atoms with Crippen LogP contribution < -0.4 is 4.90 Å². The summed E-state index contributed by atoms with van der Waals surface area (Å²) in [5, 5.41) is 10.4. The van der Waals surface area contributed by atoms with Gasteiger partial charge in [-0.25, -0.2) is 9.78 Å². The van der Waals surface area contributed by atoms with Crippen LogP contribution in [0.25, 0.3) is 0 Å². The van der Waals surface area contributed by atoms with Crippen molar-refractivity contribution in [3.63, 3.8) is 0 Å². The molecule has 0 saturated heterocycles. The molecule has 0 saturated carbocycles. The number of thiazole rings is 1. The number of aliphatic hydroxyl groups is 1. The van der Waals surface area contributed by atoms with Crippen LogP contribution in [0.3, 0.4) is 0 Å². The lowest BCUT2D eigenvalue weighted by atomic mass is 10.2. The number of hydrogen-bond acceptors (Lipinski definition) is 6. The Balaban J connectivity index is 2.77. The van der Waals surface area contributed by atoms with Crippen molar-refractivity contribution in [2.75, 3.05) is 26.1 Å². The molecule has 1 aromatic rings. The summed E-state index contributed by atoms with van der Waals surface area (Å²) >= 11 is 1.47. The maximum absolute atomic E-state index is 11.1. The molecule has 90 valence electrons. The molecule has 6 heteroatoms. The minimum absolute atomic E-state index is 0.254. The Morgan fingerprint density at radius 3 is 2.69 bits per heavy atom. The summed E-state index contributed by atoms with van der Waals surface area (Å²) in [6, 6.07) is 0. The van der Waals surface area contributed by atoms with E-state index in [0.29, 0.717) is 0 Å². The molecule has 16 heavy (non-hydrogen) atoms. The molecule has 0 aliphatic heterocycles. The van der Waals surface area contributed by atoms with Gasteiger partial charge in [-0.3, -0.25) is 0 Å². The smallest absolute Gasteiger partial charge is 0.335 e. The summed E-state index contributed by atoms with van der Waals surface area (Å²) in [7, 11) is 5.06. The zero-order valence-electron chi connectivity index (χ0n) is 9.85. The fraction of sp³-hybridized carbons (Fsp3) is 0.600. The van der Waals surface area contributed by atoms with Crippen molar-refractivity contribution in [1.82, 2.24) is 4.98 Å². The highest BCUT2D eigenvalue weighted by Gasteiger charge is 2.19. The van der Waals surface area contributed by atoms with Crippen LogP contribution in [0.1, 0.15) is 10.6 Å². The zero-order chi connectivity index (χ0) is 12.3. The van der Waals surface area contributed by atoms with Gasteiger partial charge < -0.3 is 14.7 Å². The van der Waals surface area contributed by atoms with Crippen molar-refractivity contribution in [2.24, 2.45) is 0 Å². The fourth-order valence-corrected chi connectivity index (χ4v) is 2.21. The SMILES string of the molecule is COC(=O)C(O)Cc1sc(N(C)C)nc1C. The molecule has 1 atom stereocenters. The predicted octanol–water partition coefficient (Wildman–Crippen LogP) is 0.594. The zero-order valence-corrected chi connectivity index (χ0v) is 10.7. The molecule has 0 aromatic carbocycles. The molecule has 0 bridgehead atoms. The highest BCUT2D eigenvalue weighted by Crippen LogP contribution is 2.25. The van der Waals surface area contributed by atoms with Gasteiger partial charge >= 0.3 is 5.97 Å². The maximum atomic E-state index is 11.1. The number of esters is 1. The first kappa shape index (κ1) is 12.9. The molecule has 1 unspecified atom stereocenters. The molecular formula is C10H16N2O3S. The third kappa shape index (κ3) is 2.93. The normalized spacial score (nSPS) is 12.3. The van der Waals surface area contributed by atoms with E-state index in [1.807, 2.05) is 25.9 Å². The van der Waals surface area contributed by atoms with Crippen molar-refractivity contribution in [1.29, 1.82) is 0 Å². The van der Waals surface area contributed by atoms with Crippen molar-refractivity contribution >= 4 is 22.4 Å². The van der Waals surface area contributed by atoms with Crippen molar-refractivity contribution in [3.8, 4) is 0 Å². The van der Waals surface area contributed by atoms with Crippen LogP contribution >= 0.6 is 11.3 Å². The number of rotatable bonds is 4. The van der Waals surface area contributed by atoms with E-state index in [1.54, 1.807) is 0 Å². The van der Waals surface area contributed by atoms with Gasteiger partial charge in [0.25, 0.3) is 0 Å². The van der Waals surface area contributed by atoms with E-state index in [-0.39, 0.29) is 6.42 Å². The number of aromatic nitrogens is 1. The second-order valence-electron chi connectivity index (χ2n) is 3.64. The van der Waals surface area contributed by atoms with Gasteiger partial charge in [0.1, 0.15) is 0 Å². The number of ether oxygens (including phenoxy) is 1. The van der Waals surface area contributed by atoms with Gasteiger partial charge in [0.2, 0.25) is 0 Å². The first-order valence-corrected chi connectivity index (χ1v) is 5.67. The Kier molecular flexibility index (Phi) is 4.26. The second-order valence-corrected chi connectivity index (χ2v) is 4.70. The molecule has 0 spiro atoms. The Morgan fingerprint density at radius 2 is 2.25 bits per heavy atom. The van der Waals surface area contributed by atoms with Gasteiger partial charge in [0, 0.05) is 25.4 Å². The molecule has 0 aliphatic rings. The average molecular weight is 244 g/mol. The Morgan fingerprint density at radius 1 is 1.62 bits per heavy atom. The van der Waals surface area contributed by atoms with Crippen molar-refractivity contribution in [3.05, 3.63) is 10.6 Å². The van der Waals surface area contributed by atoms with Gasteiger partial charge in [-0.1, -0.05) is 0 Å². The number of carbonyl (C=O) groups is 1. The van der Waals surface area contributed by atoms with Crippen molar-refractivity contribution in [2.45, 2.75) is 19.4 Å². The van der Waals surface area contributed by atoms with E-state index in [0.717, 1.165) is 15.7 Å². The maximum Gasteiger partial charge on any atom is 0.335 e. The Bertz CT molecular complexity index is 376. The van der Waals surface area contributed by atoms with Crippen LogP contribution in [-0.2, 0) is 16.0 Å². The lowest BCUT2D eigenvalue weighted by Crippen LogP contribution is -2.23. The third-order valence-electron chi connectivity index (χ3n) is 2.12. The minimum atomic E-state index is -1.11. The third-order valence-corrected chi connectivity index (χ3v) is 3.46. The number of carbonyl (C=O) groups excluding carboxylic acids is 1. The van der Waals surface area contributed by atoms with Crippen LogP contribution in [-0.4, -0.2) is 43.4 Å². The summed E-state index contributed by atoms with van der Waals surface area (Å²) in [4.78, 5) is 18.2. The number of hydrogen-bond donors (Lipinski definition) is 1. The van der Waals surface area contributed by atoms with Gasteiger partial charge in [-0.15, -0.1) is 11.3 Å². The molecule has 5 nitrogen and oxygen atoms in total. The van der Waals surface area contributed by atoms with E-state index in [2.05, 4.69) is 9.72 Å². The standard InChI is InChI=1S/C10H16N2O3S/c1-6-8(5-7(13)9(14)15-4)16-10(11-6)12(2)3/h7,13H,5H2,1-4H3. The molecule has 1 heterocycles. The molecular weight excluding hydrogens is 228 g/mol. The first-order chi connectivity index (χ1) is 7.45. The summed E-state index contributed by atoms with van der Waals surface area (Å²) in [5.74, 6) is -0.612. The molecule has 1 aromatic heterocycles. The van der Waals surface area contributed by atoms with E-state index in [1.165, 1.54) is 18.4 Å².